The van der Waals surface area contributed by atoms with Gasteiger partial charge >= 0.3 is 0 Å². The molecule has 44 heavy (non-hydrogen) atoms. The van der Waals surface area contributed by atoms with Crippen molar-refractivity contribution in [2.75, 3.05) is 26.2 Å². The van der Waals surface area contributed by atoms with E-state index in [1.165, 1.54) is 0 Å². The van der Waals surface area contributed by atoms with Crippen molar-refractivity contribution in [3.63, 3.8) is 0 Å². The van der Waals surface area contributed by atoms with Crippen molar-refractivity contribution in [2.24, 2.45) is 11.8 Å². The Morgan fingerprint density at radius 2 is 1.68 bits per heavy atom. The molecule has 1 spiro atoms. The molecule has 2 saturated heterocycles. The molecule has 3 amide bonds. The highest BCUT2D eigenvalue weighted by Gasteiger charge is 2.71. The van der Waals surface area contributed by atoms with Crippen LogP contribution in [0.2, 0.25) is 0 Å². The Kier molecular flexibility index (Phi) is 7.51. The van der Waals surface area contributed by atoms with Gasteiger partial charge in [-0.25, -0.2) is 4.68 Å². The molecule has 0 saturated carbocycles. The predicted octanol–water partition coefficient (Wildman–Crippen LogP) is 2.13. The number of aliphatic hydroxyl groups excluding tert-OH is 1. The summed E-state index contributed by atoms with van der Waals surface area (Å²) in [6, 6.07) is 16.4. The molecular formula is C33H36N6O5. The highest BCUT2D eigenvalue weighted by Crippen LogP contribution is 2.53. The Hall–Kier alpha value is -4.35. The molecule has 4 aliphatic rings. The minimum atomic E-state index is -1.28. The lowest BCUT2D eigenvalue weighted by molar-refractivity contribution is -0.149. The number of unbranched alkanes of at least 4 members (excludes halogenated alkanes) is 2. The highest BCUT2D eigenvalue weighted by atomic mass is 16.5. The van der Waals surface area contributed by atoms with Crippen molar-refractivity contribution in [3.8, 4) is 0 Å². The van der Waals surface area contributed by atoms with Gasteiger partial charge in [-0.2, -0.15) is 0 Å². The fourth-order valence-electron chi connectivity index (χ4n) is 7.30. The molecule has 1 aromatic heterocycles. The van der Waals surface area contributed by atoms with Gasteiger partial charge in [-0.1, -0.05) is 72.0 Å². The molecule has 3 aromatic rings. The van der Waals surface area contributed by atoms with Gasteiger partial charge in [-0.05, 0) is 37.0 Å². The van der Waals surface area contributed by atoms with Gasteiger partial charge in [0.1, 0.15) is 23.8 Å². The number of aromatic nitrogens is 3. The van der Waals surface area contributed by atoms with E-state index in [9.17, 15) is 19.5 Å². The van der Waals surface area contributed by atoms with E-state index in [1.807, 2.05) is 78.9 Å². The second-order valence-electron chi connectivity index (χ2n) is 12.0. The van der Waals surface area contributed by atoms with Crippen LogP contribution in [0.25, 0.3) is 11.0 Å². The van der Waals surface area contributed by atoms with E-state index in [0.717, 1.165) is 16.6 Å². The number of benzene rings is 2. The van der Waals surface area contributed by atoms with Crippen LogP contribution < -0.4 is 0 Å². The Balaban J connectivity index is 1.23. The number of hydrogen-bond donors (Lipinski definition) is 1. The summed E-state index contributed by atoms with van der Waals surface area (Å²) in [6.07, 6.45) is 8.88. The van der Waals surface area contributed by atoms with Gasteiger partial charge in [0.2, 0.25) is 11.8 Å². The molecule has 0 bridgehead atoms. The maximum absolute atomic E-state index is 14.5. The first-order valence-corrected chi connectivity index (χ1v) is 15.3. The molecule has 5 heterocycles. The lowest BCUT2D eigenvalue weighted by Crippen LogP contribution is -2.55. The first kappa shape index (κ1) is 28.4. The smallest absolute Gasteiger partial charge is 0.250 e. The highest BCUT2D eigenvalue weighted by molar-refractivity contribution is 5.99. The maximum atomic E-state index is 14.5. The van der Waals surface area contributed by atoms with Gasteiger partial charge in [0.05, 0.1) is 23.5 Å². The standard InChI is InChI=1S/C33H36N6O5/c40-20-8-2-7-19-38-29-32(43)37(22-39-25-14-6-5-13-24(25)34-35-39)18-10-16-33(29)28(31(38)42)27-26(44-33)15-9-17-36(30(27)41)21-23-11-3-1-4-12-23/h1,3-6,9-16,26-29,40H,2,7-8,17-22H2/t26-,27+,28+,29?,33+/m1/s1. The third kappa shape index (κ3) is 4.71. The summed E-state index contributed by atoms with van der Waals surface area (Å²) in [6.45, 7) is 1.69. The first-order valence-electron chi connectivity index (χ1n) is 15.3. The number of hydrogen-bond acceptors (Lipinski definition) is 7. The zero-order valence-electron chi connectivity index (χ0n) is 24.4. The van der Waals surface area contributed by atoms with Gasteiger partial charge in [0.15, 0.2) is 0 Å². The number of aliphatic hydroxyl groups is 1. The number of likely N-dealkylation sites (tertiary alicyclic amines) is 1. The second kappa shape index (κ2) is 11.6. The largest absolute Gasteiger partial charge is 0.396 e. The molecular weight excluding hydrogens is 560 g/mol. The molecule has 2 aromatic carbocycles. The number of ether oxygens (including phenoxy) is 1. The Morgan fingerprint density at radius 3 is 2.52 bits per heavy atom. The van der Waals surface area contributed by atoms with E-state index in [1.54, 1.807) is 19.4 Å². The van der Waals surface area contributed by atoms with Crippen LogP contribution >= 0.6 is 0 Å². The minimum absolute atomic E-state index is 0.0657. The summed E-state index contributed by atoms with van der Waals surface area (Å²) in [7, 11) is 0. The van der Waals surface area contributed by atoms with Crippen molar-refractivity contribution >= 4 is 28.8 Å². The van der Waals surface area contributed by atoms with Crippen LogP contribution in [-0.2, 0) is 32.3 Å². The van der Waals surface area contributed by atoms with Crippen molar-refractivity contribution in [2.45, 2.75) is 50.2 Å². The van der Waals surface area contributed by atoms with Gasteiger partial charge in [-0.3, -0.25) is 14.4 Å². The van der Waals surface area contributed by atoms with Gasteiger partial charge in [-0.15, -0.1) is 5.10 Å². The Labute approximate surface area is 255 Å². The number of nitrogens with zero attached hydrogens (tertiary/aromatic N) is 6. The number of para-hydroxylation sites is 1. The summed E-state index contributed by atoms with van der Waals surface area (Å²) in [4.78, 5) is 48.3. The number of carbonyl (C=O) groups is 3. The molecule has 7 rings (SSSR count). The normalized spacial score (nSPS) is 27.9. The first-order chi connectivity index (χ1) is 21.5. The molecule has 2 fully saturated rings. The fraction of sp³-hybridized carbons (Fsp3) is 0.424. The van der Waals surface area contributed by atoms with Gasteiger partial charge < -0.3 is 24.5 Å². The SMILES string of the molecule is O=C1C2N(CCCCCO)C(=O)[C@@H]3[C@H]4C(=O)N(Cc5ccccc5)CC=C[C@H]4O[C@]23C=CCN1Cn1nnc2ccccc21. The lowest BCUT2D eigenvalue weighted by Gasteiger charge is -2.35. The summed E-state index contributed by atoms with van der Waals surface area (Å²) < 4.78 is 8.44. The van der Waals surface area contributed by atoms with Crippen molar-refractivity contribution in [3.05, 3.63) is 84.5 Å². The summed E-state index contributed by atoms with van der Waals surface area (Å²) in [5.41, 5.74) is 1.25. The van der Waals surface area contributed by atoms with Crippen molar-refractivity contribution in [1.29, 1.82) is 0 Å². The number of fused-ring (bicyclic) bond motifs is 3. The van der Waals surface area contributed by atoms with Gasteiger partial charge in [0, 0.05) is 32.8 Å². The molecule has 4 aliphatic heterocycles. The Morgan fingerprint density at radius 1 is 0.886 bits per heavy atom. The van der Waals surface area contributed by atoms with Crippen LogP contribution in [0.5, 0.6) is 0 Å². The summed E-state index contributed by atoms with van der Waals surface area (Å²) >= 11 is 0. The van der Waals surface area contributed by atoms with Crippen molar-refractivity contribution < 1.29 is 24.2 Å². The van der Waals surface area contributed by atoms with E-state index >= 15 is 0 Å². The molecule has 11 nitrogen and oxygen atoms in total. The van der Waals surface area contributed by atoms with E-state index in [0.29, 0.717) is 45.4 Å². The zero-order valence-corrected chi connectivity index (χ0v) is 24.4. The number of rotatable bonds is 9. The molecule has 228 valence electrons. The second-order valence-corrected chi connectivity index (χ2v) is 12.0. The van der Waals surface area contributed by atoms with Crippen LogP contribution in [0, 0.1) is 11.8 Å². The van der Waals surface area contributed by atoms with E-state index < -0.39 is 29.6 Å². The molecule has 1 N–H and O–H groups in total. The monoisotopic (exact) mass is 596 g/mol. The summed E-state index contributed by atoms with van der Waals surface area (Å²) in [5.74, 6) is -2.21. The average molecular weight is 597 g/mol. The predicted molar refractivity (Wildman–Crippen MR) is 160 cm³/mol. The third-order valence-electron chi connectivity index (χ3n) is 9.32. The average Bonchev–Trinajstić information content (AvgIpc) is 3.59. The van der Waals surface area contributed by atoms with Crippen LogP contribution in [0.4, 0.5) is 0 Å². The lowest BCUT2D eigenvalue weighted by atomic mass is 9.77. The van der Waals surface area contributed by atoms with E-state index in [4.69, 9.17) is 4.74 Å². The van der Waals surface area contributed by atoms with Gasteiger partial charge in [0.25, 0.3) is 5.91 Å². The fourth-order valence-corrected chi connectivity index (χ4v) is 7.30. The minimum Gasteiger partial charge on any atom is -0.396 e. The number of carbonyl (C=O) groups excluding carboxylic acids is 3. The molecule has 11 heteroatoms. The number of amides is 3. The molecule has 1 unspecified atom stereocenters. The molecule has 0 radical (unpaired) electrons. The Bertz CT molecular complexity index is 1620. The molecule has 0 aliphatic carbocycles. The maximum Gasteiger partial charge on any atom is 0.250 e. The topological polar surface area (TPSA) is 121 Å². The molecule has 5 atom stereocenters. The quantitative estimate of drug-likeness (QED) is 0.297. The third-order valence-corrected chi connectivity index (χ3v) is 9.32. The zero-order chi connectivity index (χ0) is 30.3. The van der Waals surface area contributed by atoms with Crippen LogP contribution in [-0.4, -0.2) is 96.5 Å². The van der Waals surface area contributed by atoms with E-state index in [-0.39, 0.29) is 31.0 Å². The van der Waals surface area contributed by atoms with E-state index in [2.05, 4.69) is 10.3 Å². The van der Waals surface area contributed by atoms with Crippen molar-refractivity contribution in [1.82, 2.24) is 29.7 Å². The van der Waals surface area contributed by atoms with Crippen LogP contribution in [0.15, 0.2) is 78.9 Å². The van der Waals surface area contributed by atoms with Crippen LogP contribution in [0.3, 0.4) is 0 Å². The summed E-state index contributed by atoms with van der Waals surface area (Å²) in [5, 5.41) is 17.8. The van der Waals surface area contributed by atoms with Crippen LogP contribution in [0.1, 0.15) is 24.8 Å².